The molecule has 1 aromatic rings. The third-order valence-electron chi connectivity index (χ3n) is 4.31. The maximum absolute atomic E-state index is 6.04. The number of morpholine rings is 1. The molecule has 0 spiro atoms. The standard InChI is InChI=1S/C15H23NO2S/c1-2-17-11-12-5-6-14-15(12)18-8-7-16(14)10-13-4-3-9-19-13/h3-4,9,12,14-15H,2,5-8,10-11H2,1H3/t12-,14+,15-/m0/s1. The van der Waals surface area contributed by atoms with Crippen molar-refractivity contribution in [2.75, 3.05) is 26.4 Å². The Morgan fingerprint density at radius 2 is 2.42 bits per heavy atom. The van der Waals surface area contributed by atoms with Crippen LogP contribution in [-0.4, -0.2) is 43.4 Å². The first kappa shape index (κ1) is 13.6. The predicted molar refractivity (Wildman–Crippen MR) is 77.5 cm³/mol. The van der Waals surface area contributed by atoms with Gasteiger partial charge in [0.2, 0.25) is 0 Å². The van der Waals surface area contributed by atoms with E-state index in [-0.39, 0.29) is 0 Å². The highest BCUT2D eigenvalue weighted by Crippen LogP contribution is 2.35. The van der Waals surface area contributed by atoms with Gasteiger partial charge in [-0.15, -0.1) is 11.3 Å². The Balaban J connectivity index is 1.62. The molecule has 2 heterocycles. The molecule has 2 fully saturated rings. The summed E-state index contributed by atoms with van der Waals surface area (Å²) < 4.78 is 11.7. The Hall–Kier alpha value is -0.420. The van der Waals surface area contributed by atoms with Crippen LogP contribution < -0.4 is 0 Å². The molecule has 0 radical (unpaired) electrons. The summed E-state index contributed by atoms with van der Waals surface area (Å²) in [6.07, 6.45) is 2.89. The maximum atomic E-state index is 6.04. The molecule has 2 aliphatic rings. The number of hydrogen-bond donors (Lipinski definition) is 0. The van der Waals surface area contributed by atoms with Crippen molar-refractivity contribution in [3.8, 4) is 0 Å². The molecule has 4 heteroatoms. The van der Waals surface area contributed by atoms with Crippen molar-refractivity contribution in [3.05, 3.63) is 22.4 Å². The zero-order chi connectivity index (χ0) is 13.1. The molecular weight excluding hydrogens is 258 g/mol. The van der Waals surface area contributed by atoms with Crippen LogP contribution in [0.4, 0.5) is 0 Å². The van der Waals surface area contributed by atoms with Crippen LogP contribution >= 0.6 is 11.3 Å². The van der Waals surface area contributed by atoms with Crippen molar-refractivity contribution in [2.24, 2.45) is 5.92 Å². The minimum atomic E-state index is 0.389. The minimum Gasteiger partial charge on any atom is -0.381 e. The van der Waals surface area contributed by atoms with Gasteiger partial charge in [0.05, 0.1) is 19.3 Å². The van der Waals surface area contributed by atoms with Crippen molar-refractivity contribution in [3.63, 3.8) is 0 Å². The third-order valence-corrected chi connectivity index (χ3v) is 5.17. The molecule has 3 atom stereocenters. The summed E-state index contributed by atoms with van der Waals surface area (Å²) in [5.74, 6) is 0.594. The first-order valence-corrected chi connectivity index (χ1v) is 8.22. The molecule has 3 rings (SSSR count). The van der Waals surface area contributed by atoms with E-state index in [1.807, 2.05) is 11.3 Å². The van der Waals surface area contributed by atoms with Crippen LogP contribution in [-0.2, 0) is 16.0 Å². The second-order valence-corrected chi connectivity index (χ2v) is 6.48. The largest absolute Gasteiger partial charge is 0.381 e. The second-order valence-electron chi connectivity index (χ2n) is 5.45. The van der Waals surface area contributed by atoms with Gasteiger partial charge in [-0.2, -0.15) is 0 Å². The van der Waals surface area contributed by atoms with Crippen molar-refractivity contribution < 1.29 is 9.47 Å². The van der Waals surface area contributed by atoms with E-state index in [0.717, 1.165) is 32.9 Å². The van der Waals surface area contributed by atoms with Gasteiger partial charge in [0.25, 0.3) is 0 Å². The fraction of sp³-hybridized carbons (Fsp3) is 0.733. The lowest BCUT2D eigenvalue weighted by molar-refractivity contribution is -0.0872. The molecule has 1 saturated heterocycles. The van der Waals surface area contributed by atoms with Crippen molar-refractivity contribution in [1.82, 2.24) is 4.90 Å². The summed E-state index contributed by atoms with van der Waals surface area (Å²) in [4.78, 5) is 4.08. The van der Waals surface area contributed by atoms with Gasteiger partial charge >= 0.3 is 0 Å². The molecule has 0 unspecified atom stereocenters. The molecule has 1 aliphatic carbocycles. The molecule has 0 bridgehead atoms. The summed E-state index contributed by atoms with van der Waals surface area (Å²) in [6.45, 7) is 6.77. The summed E-state index contributed by atoms with van der Waals surface area (Å²) in [6, 6.07) is 4.98. The molecule has 1 aliphatic heterocycles. The van der Waals surface area contributed by atoms with E-state index < -0.39 is 0 Å². The molecule has 0 N–H and O–H groups in total. The Morgan fingerprint density at radius 1 is 1.47 bits per heavy atom. The van der Waals surface area contributed by atoms with Gasteiger partial charge in [0.1, 0.15) is 0 Å². The van der Waals surface area contributed by atoms with Crippen molar-refractivity contribution in [1.29, 1.82) is 0 Å². The van der Waals surface area contributed by atoms with Gasteiger partial charge in [-0.05, 0) is 31.2 Å². The first-order valence-electron chi connectivity index (χ1n) is 7.34. The smallest absolute Gasteiger partial charge is 0.0781 e. The number of ether oxygens (including phenoxy) is 2. The molecule has 106 valence electrons. The number of hydrogen-bond acceptors (Lipinski definition) is 4. The topological polar surface area (TPSA) is 21.7 Å². The lowest BCUT2D eigenvalue weighted by Crippen LogP contribution is -2.50. The number of nitrogens with zero attached hydrogens (tertiary/aromatic N) is 1. The van der Waals surface area contributed by atoms with Gasteiger partial charge < -0.3 is 9.47 Å². The third kappa shape index (κ3) is 3.02. The highest BCUT2D eigenvalue weighted by molar-refractivity contribution is 7.09. The van der Waals surface area contributed by atoms with Crippen molar-refractivity contribution in [2.45, 2.75) is 38.5 Å². The van der Waals surface area contributed by atoms with Crippen LogP contribution in [0, 0.1) is 5.92 Å². The SMILES string of the molecule is CCOC[C@@H]1CC[C@@H]2[C@H]1OCCN2Cc1cccs1. The fourth-order valence-corrected chi connectivity index (χ4v) is 4.11. The molecule has 1 aromatic heterocycles. The highest BCUT2D eigenvalue weighted by Gasteiger charge is 2.42. The van der Waals surface area contributed by atoms with E-state index in [1.165, 1.54) is 17.7 Å². The number of thiophene rings is 1. The zero-order valence-corrected chi connectivity index (χ0v) is 12.4. The normalized spacial score (nSPS) is 31.5. The monoisotopic (exact) mass is 281 g/mol. The van der Waals surface area contributed by atoms with E-state index >= 15 is 0 Å². The summed E-state index contributed by atoms with van der Waals surface area (Å²) in [5.41, 5.74) is 0. The molecule has 0 aromatic carbocycles. The van der Waals surface area contributed by atoms with Gasteiger partial charge in [-0.3, -0.25) is 4.90 Å². The maximum Gasteiger partial charge on any atom is 0.0781 e. The van der Waals surface area contributed by atoms with Gasteiger partial charge in [0.15, 0.2) is 0 Å². The van der Waals surface area contributed by atoms with Crippen LogP contribution in [0.3, 0.4) is 0 Å². The zero-order valence-electron chi connectivity index (χ0n) is 11.6. The lowest BCUT2D eigenvalue weighted by atomic mass is 10.0. The van der Waals surface area contributed by atoms with E-state index in [0.29, 0.717) is 18.1 Å². The van der Waals surface area contributed by atoms with Crippen LogP contribution in [0.2, 0.25) is 0 Å². The summed E-state index contributed by atoms with van der Waals surface area (Å²) >= 11 is 1.86. The Bertz CT molecular complexity index is 382. The summed E-state index contributed by atoms with van der Waals surface area (Å²) in [7, 11) is 0. The fourth-order valence-electron chi connectivity index (χ4n) is 3.38. The predicted octanol–water partition coefficient (Wildman–Crippen LogP) is 2.76. The van der Waals surface area contributed by atoms with Crippen LogP contribution in [0.25, 0.3) is 0 Å². The van der Waals surface area contributed by atoms with E-state index in [9.17, 15) is 0 Å². The van der Waals surface area contributed by atoms with E-state index in [4.69, 9.17) is 9.47 Å². The van der Waals surface area contributed by atoms with E-state index in [2.05, 4.69) is 29.3 Å². The van der Waals surface area contributed by atoms with Gasteiger partial charge in [-0.25, -0.2) is 0 Å². The van der Waals surface area contributed by atoms with E-state index in [1.54, 1.807) is 0 Å². The first-order chi connectivity index (χ1) is 9.38. The molecule has 3 nitrogen and oxygen atoms in total. The van der Waals surface area contributed by atoms with Gasteiger partial charge in [-0.1, -0.05) is 6.07 Å². The van der Waals surface area contributed by atoms with Crippen molar-refractivity contribution >= 4 is 11.3 Å². The lowest BCUT2D eigenvalue weighted by Gasteiger charge is -2.39. The second kappa shape index (κ2) is 6.35. The number of rotatable bonds is 5. The van der Waals surface area contributed by atoms with Crippen LogP contribution in [0.5, 0.6) is 0 Å². The minimum absolute atomic E-state index is 0.389. The van der Waals surface area contributed by atoms with Crippen LogP contribution in [0.15, 0.2) is 17.5 Å². The Labute approximate surface area is 119 Å². The molecule has 19 heavy (non-hydrogen) atoms. The molecular formula is C15H23NO2S. The Morgan fingerprint density at radius 3 is 3.21 bits per heavy atom. The molecule has 1 saturated carbocycles. The summed E-state index contributed by atoms with van der Waals surface area (Å²) in [5, 5.41) is 2.17. The number of fused-ring (bicyclic) bond motifs is 1. The van der Waals surface area contributed by atoms with Crippen LogP contribution in [0.1, 0.15) is 24.6 Å². The highest BCUT2D eigenvalue weighted by atomic mass is 32.1. The average molecular weight is 281 g/mol. The quantitative estimate of drug-likeness (QED) is 0.828. The van der Waals surface area contributed by atoms with Gasteiger partial charge in [0, 0.05) is 36.5 Å². The molecule has 0 amide bonds. The average Bonchev–Trinajstić information content (AvgIpc) is 3.06. The Kier molecular flexibility index (Phi) is 4.53.